The van der Waals surface area contributed by atoms with Crippen LogP contribution in [0.2, 0.25) is 0 Å². The maximum Gasteiger partial charge on any atom is 0.131 e. The van der Waals surface area contributed by atoms with Gasteiger partial charge in [-0.05, 0) is 31.2 Å². The highest BCUT2D eigenvalue weighted by molar-refractivity contribution is 5.48. The fraction of sp³-hybridized carbons (Fsp3) is 0.231. The molecule has 0 spiro atoms. The molecule has 0 radical (unpaired) electrons. The lowest BCUT2D eigenvalue weighted by Gasteiger charge is -2.06. The van der Waals surface area contributed by atoms with E-state index in [1.807, 2.05) is 31.2 Å². The van der Waals surface area contributed by atoms with E-state index in [-0.39, 0.29) is 6.42 Å². The van der Waals surface area contributed by atoms with E-state index in [0.717, 1.165) is 17.0 Å². The Morgan fingerprint density at radius 3 is 2.72 bits per heavy atom. The van der Waals surface area contributed by atoms with E-state index >= 15 is 0 Å². The van der Waals surface area contributed by atoms with Crippen molar-refractivity contribution >= 4 is 5.82 Å². The molecule has 0 saturated heterocycles. The van der Waals surface area contributed by atoms with Crippen LogP contribution in [0.1, 0.15) is 12.5 Å². The van der Waals surface area contributed by atoms with Gasteiger partial charge in [-0.3, -0.25) is 0 Å². The third-order valence-electron chi connectivity index (χ3n) is 2.55. The smallest absolute Gasteiger partial charge is 0.131 e. The van der Waals surface area contributed by atoms with Crippen LogP contribution in [-0.4, -0.2) is 16.4 Å². The van der Waals surface area contributed by atoms with Crippen LogP contribution < -0.4 is 10.5 Å². The van der Waals surface area contributed by atoms with E-state index in [1.54, 1.807) is 10.9 Å². The number of nitrogens with two attached hydrogens (primary N) is 1. The van der Waals surface area contributed by atoms with Crippen molar-refractivity contribution < 1.29 is 4.74 Å². The molecule has 5 nitrogen and oxygen atoms in total. The molecule has 18 heavy (non-hydrogen) atoms. The molecule has 1 aromatic carbocycles. The van der Waals surface area contributed by atoms with Crippen LogP contribution >= 0.6 is 0 Å². The molecular weight excluding hydrogens is 228 g/mol. The topological polar surface area (TPSA) is 76.9 Å². The number of nitrogens with zero attached hydrogens (tertiary/aromatic N) is 3. The highest BCUT2D eigenvalue weighted by Crippen LogP contribution is 2.20. The van der Waals surface area contributed by atoms with Gasteiger partial charge in [-0.2, -0.15) is 10.4 Å². The standard InChI is InChI=1S/C13H14N4O/c1-2-18-12-5-3-11(4-6-12)17-13(15)10(7-8-14)9-16-17/h3-6,9H,2,7,15H2,1H3. The summed E-state index contributed by atoms with van der Waals surface area (Å²) in [7, 11) is 0. The monoisotopic (exact) mass is 242 g/mol. The number of hydrogen-bond acceptors (Lipinski definition) is 4. The molecule has 0 atom stereocenters. The van der Waals surface area contributed by atoms with Gasteiger partial charge < -0.3 is 10.5 Å². The third-order valence-corrected chi connectivity index (χ3v) is 2.55. The summed E-state index contributed by atoms with van der Waals surface area (Å²) in [6.07, 6.45) is 1.89. The first kappa shape index (κ1) is 12.0. The lowest BCUT2D eigenvalue weighted by atomic mass is 10.2. The number of aromatic nitrogens is 2. The normalized spacial score (nSPS) is 10.0. The molecule has 0 fully saturated rings. The summed E-state index contributed by atoms with van der Waals surface area (Å²) < 4.78 is 6.98. The van der Waals surface area contributed by atoms with Crippen LogP contribution in [-0.2, 0) is 6.42 Å². The lowest BCUT2D eigenvalue weighted by Crippen LogP contribution is -2.03. The van der Waals surface area contributed by atoms with Crippen molar-refractivity contribution in [1.29, 1.82) is 5.26 Å². The molecule has 0 amide bonds. The Hall–Kier alpha value is -2.48. The summed E-state index contributed by atoms with van der Waals surface area (Å²) >= 11 is 0. The van der Waals surface area contributed by atoms with Gasteiger partial charge in [-0.25, -0.2) is 4.68 Å². The Labute approximate surface area is 105 Å². The maximum atomic E-state index is 8.66. The predicted octanol–water partition coefficient (Wildman–Crippen LogP) is 1.92. The van der Waals surface area contributed by atoms with E-state index in [0.29, 0.717) is 12.4 Å². The molecule has 1 aromatic heterocycles. The van der Waals surface area contributed by atoms with Gasteiger partial charge in [-0.15, -0.1) is 0 Å². The van der Waals surface area contributed by atoms with Crippen molar-refractivity contribution in [1.82, 2.24) is 9.78 Å². The van der Waals surface area contributed by atoms with Crippen LogP contribution in [0.4, 0.5) is 5.82 Å². The summed E-state index contributed by atoms with van der Waals surface area (Å²) in [5, 5.41) is 12.8. The molecule has 5 heteroatoms. The van der Waals surface area contributed by atoms with Crippen LogP contribution in [0.5, 0.6) is 5.75 Å². The summed E-state index contributed by atoms with van der Waals surface area (Å²) in [6, 6.07) is 9.55. The predicted molar refractivity (Wildman–Crippen MR) is 68.5 cm³/mol. The van der Waals surface area contributed by atoms with Crippen LogP contribution in [0.15, 0.2) is 30.5 Å². The Kier molecular flexibility index (Phi) is 3.49. The number of rotatable bonds is 4. The number of nitrogen functional groups attached to an aromatic ring is 1. The quantitative estimate of drug-likeness (QED) is 0.888. The van der Waals surface area contributed by atoms with Crippen LogP contribution in [0.25, 0.3) is 5.69 Å². The summed E-state index contributed by atoms with van der Waals surface area (Å²) in [5.74, 6) is 1.31. The number of anilines is 1. The first-order chi connectivity index (χ1) is 8.76. The first-order valence-corrected chi connectivity index (χ1v) is 5.68. The van der Waals surface area contributed by atoms with E-state index in [9.17, 15) is 0 Å². The Morgan fingerprint density at radius 2 is 2.11 bits per heavy atom. The fourth-order valence-electron chi connectivity index (χ4n) is 1.67. The van der Waals surface area contributed by atoms with Gasteiger partial charge in [0, 0.05) is 5.56 Å². The number of nitriles is 1. The average Bonchev–Trinajstić information content (AvgIpc) is 2.73. The molecule has 0 saturated carbocycles. The molecule has 0 unspecified atom stereocenters. The molecule has 1 heterocycles. The van der Waals surface area contributed by atoms with E-state index in [4.69, 9.17) is 15.7 Å². The summed E-state index contributed by atoms with van der Waals surface area (Å²) in [4.78, 5) is 0. The molecule has 0 aliphatic rings. The summed E-state index contributed by atoms with van der Waals surface area (Å²) in [5.41, 5.74) is 7.53. The molecule has 2 aromatic rings. The SMILES string of the molecule is CCOc1ccc(-n2ncc(CC#N)c2N)cc1. The highest BCUT2D eigenvalue weighted by atomic mass is 16.5. The van der Waals surface area contributed by atoms with E-state index in [1.165, 1.54) is 0 Å². The first-order valence-electron chi connectivity index (χ1n) is 5.68. The Bertz CT molecular complexity index is 566. The van der Waals surface area contributed by atoms with Crippen molar-refractivity contribution in [3.05, 3.63) is 36.0 Å². The third kappa shape index (κ3) is 2.28. The molecule has 0 aliphatic carbocycles. The van der Waals surface area contributed by atoms with Gasteiger partial charge in [0.05, 0.1) is 31.0 Å². The molecular formula is C13H14N4O. The minimum absolute atomic E-state index is 0.267. The van der Waals surface area contributed by atoms with Crippen molar-refractivity contribution in [2.24, 2.45) is 0 Å². The van der Waals surface area contributed by atoms with E-state index in [2.05, 4.69) is 11.2 Å². The number of benzene rings is 1. The molecule has 92 valence electrons. The zero-order valence-electron chi connectivity index (χ0n) is 10.1. The summed E-state index contributed by atoms with van der Waals surface area (Å²) in [6.45, 7) is 2.57. The highest BCUT2D eigenvalue weighted by Gasteiger charge is 2.08. The van der Waals surface area contributed by atoms with Crippen molar-refractivity contribution in [3.63, 3.8) is 0 Å². The average molecular weight is 242 g/mol. The van der Waals surface area contributed by atoms with E-state index < -0.39 is 0 Å². The van der Waals surface area contributed by atoms with Gasteiger partial charge in [0.25, 0.3) is 0 Å². The van der Waals surface area contributed by atoms with Crippen LogP contribution in [0, 0.1) is 11.3 Å². The maximum absolute atomic E-state index is 8.66. The van der Waals surface area contributed by atoms with Gasteiger partial charge >= 0.3 is 0 Å². The molecule has 2 N–H and O–H groups in total. The Morgan fingerprint density at radius 1 is 1.39 bits per heavy atom. The van der Waals surface area contributed by atoms with Crippen molar-refractivity contribution in [3.8, 4) is 17.5 Å². The fourth-order valence-corrected chi connectivity index (χ4v) is 1.67. The van der Waals surface area contributed by atoms with Crippen molar-refractivity contribution in [2.45, 2.75) is 13.3 Å². The zero-order valence-corrected chi connectivity index (χ0v) is 10.1. The number of hydrogen-bond donors (Lipinski definition) is 1. The lowest BCUT2D eigenvalue weighted by molar-refractivity contribution is 0.340. The molecule has 0 aliphatic heterocycles. The second kappa shape index (κ2) is 5.23. The second-order valence-electron chi connectivity index (χ2n) is 3.73. The van der Waals surface area contributed by atoms with Gasteiger partial charge in [-0.1, -0.05) is 0 Å². The molecule has 0 bridgehead atoms. The minimum atomic E-state index is 0.267. The molecule has 2 rings (SSSR count). The van der Waals surface area contributed by atoms with Crippen molar-refractivity contribution in [2.75, 3.05) is 12.3 Å². The van der Waals surface area contributed by atoms with Gasteiger partial charge in [0.15, 0.2) is 0 Å². The zero-order chi connectivity index (χ0) is 13.0. The largest absolute Gasteiger partial charge is 0.494 e. The van der Waals surface area contributed by atoms with Gasteiger partial charge in [0.2, 0.25) is 0 Å². The minimum Gasteiger partial charge on any atom is -0.494 e. The van der Waals surface area contributed by atoms with Gasteiger partial charge in [0.1, 0.15) is 11.6 Å². The second-order valence-corrected chi connectivity index (χ2v) is 3.73. The van der Waals surface area contributed by atoms with Crippen LogP contribution in [0.3, 0.4) is 0 Å². The Balaban J connectivity index is 2.29. The number of ether oxygens (including phenoxy) is 1.